The Hall–Kier alpha value is -0.213. The second-order valence-corrected chi connectivity index (χ2v) is 8.71. The van der Waals surface area contributed by atoms with Crippen molar-refractivity contribution in [3.05, 3.63) is 17.4 Å². The van der Waals surface area contributed by atoms with E-state index >= 15 is 0 Å². The molecule has 0 aliphatic carbocycles. The van der Waals surface area contributed by atoms with Crippen LogP contribution in [0.25, 0.3) is 0 Å². The van der Waals surface area contributed by atoms with Crippen molar-refractivity contribution in [2.75, 3.05) is 0 Å². The average molecular weight is 175 g/mol. The summed E-state index contributed by atoms with van der Waals surface area (Å²) in [5.41, 5.74) is 0. The minimum Gasteiger partial charge on any atom is -0.473 e. The van der Waals surface area contributed by atoms with Crippen LogP contribution in [-0.4, -0.2) is 8.07 Å². The van der Waals surface area contributed by atoms with E-state index in [0.717, 1.165) is 10.4 Å². The molecule has 1 aromatic heterocycles. The van der Waals surface area contributed by atoms with E-state index in [0.29, 0.717) is 0 Å². The Morgan fingerprint density at radius 3 is 2.20 bits per heavy atom. The monoisotopic (exact) mass is 174 g/mol. The minimum absolute atomic E-state index is 0.777. The average Bonchev–Trinajstić information content (AvgIpc) is 2.11. The molecule has 0 aromatic carbocycles. The first-order chi connectivity index (χ1) is 4.52. The molecule has 0 amide bonds. The predicted molar refractivity (Wildman–Crippen MR) is 46.7 cm³/mol. The number of halogens is 1. The summed E-state index contributed by atoms with van der Waals surface area (Å²) >= 11 is 5.87. The maximum atomic E-state index is 5.87. The minimum atomic E-state index is -1.32. The first-order valence-electron chi connectivity index (χ1n) is 3.25. The highest BCUT2D eigenvalue weighted by Gasteiger charge is 2.22. The zero-order valence-electron chi connectivity index (χ0n) is 6.44. The van der Waals surface area contributed by atoms with Gasteiger partial charge in [0, 0.05) is 0 Å². The standard InChI is InChI=1S/C7H11ClOSi/c1-10(2,3)7-6(8)4-5-9-7/h4-5H,1-3H3. The quantitative estimate of drug-likeness (QED) is 0.597. The Morgan fingerprint density at radius 2 is 2.00 bits per heavy atom. The zero-order valence-corrected chi connectivity index (χ0v) is 8.20. The molecule has 0 aliphatic heterocycles. The van der Waals surface area contributed by atoms with Gasteiger partial charge >= 0.3 is 0 Å². The van der Waals surface area contributed by atoms with Gasteiger partial charge in [-0.2, -0.15) is 0 Å². The zero-order chi connectivity index (χ0) is 7.78. The molecule has 1 rings (SSSR count). The first kappa shape index (κ1) is 7.89. The van der Waals surface area contributed by atoms with Gasteiger partial charge in [0.1, 0.15) is 8.07 Å². The van der Waals surface area contributed by atoms with Crippen molar-refractivity contribution < 1.29 is 4.42 Å². The van der Waals surface area contributed by atoms with Crippen molar-refractivity contribution in [2.45, 2.75) is 19.6 Å². The van der Waals surface area contributed by atoms with Gasteiger partial charge in [-0.25, -0.2) is 0 Å². The topological polar surface area (TPSA) is 13.1 Å². The summed E-state index contributed by atoms with van der Waals surface area (Å²) in [7, 11) is -1.32. The van der Waals surface area contributed by atoms with Crippen molar-refractivity contribution in [1.29, 1.82) is 0 Å². The number of rotatable bonds is 1. The van der Waals surface area contributed by atoms with Gasteiger partial charge in [0.2, 0.25) is 0 Å². The maximum Gasteiger partial charge on any atom is 0.125 e. The number of hydrogen-bond acceptors (Lipinski definition) is 1. The van der Waals surface area contributed by atoms with E-state index < -0.39 is 8.07 Å². The van der Waals surface area contributed by atoms with Crippen molar-refractivity contribution in [1.82, 2.24) is 0 Å². The van der Waals surface area contributed by atoms with Gasteiger partial charge in [0.15, 0.2) is 0 Å². The van der Waals surface area contributed by atoms with Gasteiger partial charge in [-0.3, -0.25) is 0 Å². The van der Waals surface area contributed by atoms with Gasteiger partial charge in [-0.1, -0.05) is 31.2 Å². The summed E-state index contributed by atoms with van der Waals surface area (Å²) in [5.74, 6) is 0. The third kappa shape index (κ3) is 1.44. The molecule has 0 saturated carbocycles. The Bertz CT molecular complexity index is 224. The summed E-state index contributed by atoms with van der Waals surface area (Å²) in [4.78, 5) is 0. The lowest BCUT2D eigenvalue weighted by atomic mass is 10.7. The molecule has 0 saturated heterocycles. The molecule has 56 valence electrons. The van der Waals surface area contributed by atoms with Crippen LogP contribution in [0.15, 0.2) is 16.7 Å². The summed E-state index contributed by atoms with van der Waals surface area (Å²) in [5, 5.41) is 1.77. The highest BCUT2D eigenvalue weighted by atomic mass is 35.5. The molecule has 1 aromatic rings. The fraction of sp³-hybridized carbons (Fsp3) is 0.429. The Labute approximate surface area is 67.0 Å². The summed E-state index contributed by atoms with van der Waals surface area (Å²) in [6.07, 6.45) is 1.65. The van der Waals surface area contributed by atoms with Crippen molar-refractivity contribution in [2.24, 2.45) is 0 Å². The lowest BCUT2D eigenvalue weighted by Gasteiger charge is -2.11. The SMILES string of the molecule is C[Si](C)(C)c1occc1Cl. The predicted octanol–water partition coefficient (Wildman–Crippen LogP) is 2.48. The van der Waals surface area contributed by atoms with Crippen LogP contribution in [0, 0.1) is 0 Å². The fourth-order valence-corrected chi connectivity index (χ4v) is 3.00. The van der Waals surface area contributed by atoms with E-state index in [2.05, 4.69) is 19.6 Å². The molecule has 0 unspecified atom stereocenters. The largest absolute Gasteiger partial charge is 0.473 e. The molecule has 3 heteroatoms. The Morgan fingerprint density at radius 1 is 1.40 bits per heavy atom. The van der Waals surface area contributed by atoms with Crippen LogP contribution < -0.4 is 5.38 Å². The second-order valence-electron chi connectivity index (χ2n) is 3.35. The van der Waals surface area contributed by atoms with Gasteiger partial charge in [0.05, 0.1) is 16.7 Å². The second kappa shape index (κ2) is 2.44. The summed E-state index contributed by atoms with van der Waals surface area (Å²) in [6.45, 7) is 6.62. The van der Waals surface area contributed by atoms with Gasteiger partial charge in [0.25, 0.3) is 0 Å². The van der Waals surface area contributed by atoms with E-state index in [4.69, 9.17) is 16.0 Å². The molecule has 10 heavy (non-hydrogen) atoms. The van der Waals surface area contributed by atoms with Gasteiger partial charge < -0.3 is 4.42 Å². The van der Waals surface area contributed by atoms with Crippen LogP contribution in [0.2, 0.25) is 24.7 Å². The molecule has 0 fully saturated rings. The molecule has 0 N–H and O–H groups in total. The van der Waals surface area contributed by atoms with E-state index in [1.54, 1.807) is 12.3 Å². The molecule has 1 heterocycles. The van der Waals surface area contributed by atoms with Gasteiger partial charge in [-0.05, 0) is 6.07 Å². The Kier molecular flexibility index (Phi) is 1.92. The summed E-state index contributed by atoms with van der Waals surface area (Å²) in [6, 6.07) is 1.80. The molecule has 0 bridgehead atoms. The normalized spacial score (nSPS) is 12.0. The van der Waals surface area contributed by atoms with E-state index in [-0.39, 0.29) is 0 Å². The van der Waals surface area contributed by atoms with Crippen LogP contribution in [0.4, 0.5) is 0 Å². The lowest BCUT2D eigenvalue weighted by molar-refractivity contribution is 0.597. The molecule has 1 nitrogen and oxygen atoms in total. The molecular weight excluding hydrogens is 164 g/mol. The molecule has 0 aliphatic rings. The van der Waals surface area contributed by atoms with Crippen LogP contribution in [-0.2, 0) is 0 Å². The molecular formula is C7H11ClOSi. The molecule has 0 radical (unpaired) electrons. The first-order valence-corrected chi connectivity index (χ1v) is 7.13. The smallest absolute Gasteiger partial charge is 0.125 e. The van der Waals surface area contributed by atoms with Crippen LogP contribution >= 0.6 is 11.6 Å². The van der Waals surface area contributed by atoms with Crippen LogP contribution in [0.5, 0.6) is 0 Å². The van der Waals surface area contributed by atoms with Crippen LogP contribution in [0.1, 0.15) is 0 Å². The third-order valence-electron chi connectivity index (χ3n) is 1.30. The third-order valence-corrected chi connectivity index (χ3v) is 3.50. The summed E-state index contributed by atoms with van der Waals surface area (Å²) < 4.78 is 5.26. The van der Waals surface area contributed by atoms with Crippen molar-refractivity contribution in [3.8, 4) is 0 Å². The number of hydrogen-bond donors (Lipinski definition) is 0. The van der Waals surface area contributed by atoms with E-state index in [1.165, 1.54) is 0 Å². The van der Waals surface area contributed by atoms with Crippen LogP contribution in [0.3, 0.4) is 0 Å². The highest BCUT2D eigenvalue weighted by molar-refractivity contribution is 6.89. The van der Waals surface area contributed by atoms with Crippen molar-refractivity contribution in [3.63, 3.8) is 0 Å². The molecule has 0 atom stereocenters. The molecule has 0 spiro atoms. The fourth-order valence-electron chi connectivity index (χ4n) is 0.829. The van der Waals surface area contributed by atoms with E-state index in [9.17, 15) is 0 Å². The maximum absolute atomic E-state index is 5.87. The Balaban J connectivity index is 3.05. The van der Waals surface area contributed by atoms with Gasteiger partial charge in [-0.15, -0.1) is 0 Å². The van der Waals surface area contributed by atoms with Crippen molar-refractivity contribution >= 4 is 25.1 Å². The highest BCUT2D eigenvalue weighted by Crippen LogP contribution is 2.12. The lowest BCUT2D eigenvalue weighted by Crippen LogP contribution is -2.36. The van der Waals surface area contributed by atoms with E-state index in [1.807, 2.05) is 0 Å². The number of furan rings is 1.